The lowest BCUT2D eigenvalue weighted by atomic mass is 10.3. The first kappa shape index (κ1) is 16.7. The zero-order valence-electron chi connectivity index (χ0n) is 14.3. The van der Waals surface area contributed by atoms with E-state index in [2.05, 4.69) is 5.10 Å². The number of benzene rings is 1. The lowest BCUT2D eigenvalue weighted by Crippen LogP contribution is -2.24. The van der Waals surface area contributed by atoms with Crippen LogP contribution in [0, 0.1) is 0 Å². The second kappa shape index (κ2) is 7.23. The smallest absolute Gasteiger partial charge is 0.264 e. The molecule has 6 nitrogen and oxygen atoms in total. The third-order valence-electron chi connectivity index (χ3n) is 4.16. The highest BCUT2D eigenvalue weighted by atomic mass is 32.1. The third kappa shape index (κ3) is 2.95. The topological polar surface area (TPSA) is 61.9 Å². The molecule has 4 aromatic rings. The van der Waals surface area contributed by atoms with Crippen LogP contribution in [0.2, 0.25) is 0 Å². The molecule has 0 saturated carbocycles. The molecule has 0 fully saturated rings. The van der Waals surface area contributed by atoms with Crippen LogP contribution < -0.4 is 5.56 Å². The van der Waals surface area contributed by atoms with Crippen LogP contribution in [0.4, 0.5) is 0 Å². The van der Waals surface area contributed by atoms with E-state index in [1.165, 1.54) is 0 Å². The number of fused-ring (bicyclic) bond motifs is 1. The van der Waals surface area contributed by atoms with Crippen molar-refractivity contribution in [1.82, 2.24) is 19.3 Å². The fourth-order valence-electron chi connectivity index (χ4n) is 2.93. The van der Waals surface area contributed by atoms with E-state index in [1.807, 2.05) is 47.8 Å². The molecule has 0 radical (unpaired) electrons. The van der Waals surface area contributed by atoms with Crippen LogP contribution in [-0.2, 0) is 11.3 Å². The Hall–Kier alpha value is -2.77. The molecule has 7 heteroatoms. The SMILES string of the molecule is COCCCn1c(-c2cccs2)nc2c(cnn2-c2ccccc2)c1=O. The van der Waals surface area contributed by atoms with E-state index in [0.29, 0.717) is 30.0 Å². The number of methoxy groups -OCH3 is 1. The highest BCUT2D eigenvalue weighted by Crippen LogP contribution is 2.24. The Morgan fingerprint density at radius 1 is 1.15 bits per heavy atom. The van der Waals surface area contributed by atoms with Gasteiger partial charge in [0, 0.05) is 20.3 Å². The molecular weight excluding hydrogens is 348 g/mol. The summed E-state index contributed by atoms with van der Waals surface area (Å²) in [6, 6.07) is 13.7. The standard InChI is InChI=1S/C19H18N4O2S/c1-25-11-6-10-22-18(16-9-5-12-26-16)21-17-15(19(22)24)13-20-23(17)14-7-3-2-4-8-14/h2-5,7-9,12-13H,6,10-11H2,1H3. The van der Waals surface area contributed by atoms with Gasteiger partial charge in [-0.05, 0) is 30.0 Å². The molecule has 3 heterocycles. The molecule has 26 heavy (non-hydrogen) atoms. The van der Waals surface area contributed by atoms with E-state index in [-0.39, 0.29) is 5.56 Å². The Balaban J connectivity index is 1.93. The van der Waals surface area contributed by atoms with Crippen molar-refractivity contribution in [3.8, 4) is 16.4 Å². The van der Waals surface area contributed by atoms with Crippen LogP contribution in [0.3, 0.4) is 0 Å². The quantitative estimate of drug-likeness (QED) is 0.491. The first-order valence-electron chi connectivity index (χ1n) is 8.36. The molecule has 0 spiro atoms. The minimum Gasteiger partial charge on any atom is -0.385 e. The van der Waals surface area contributed by atoms with Gasteiger partial charge in [0.25, 0.3) is 5.56 Å². The van der Waals surface area contributed by atoms with Gasteiger partial charge in [-0.3, -0.25) is 9.36 Å². The van der Waals surface area contributed by atoms with Gasteiger partial charge < -0.3 is 4.74 Å². The molecule has 4 rings (SSSR count). The molecule has 3 aromatic heterocycles. The number of para-hydroxylation sites is 1. The van der Waals surface area contributed by atoms with E-state index in [0.717, 1.165) is 17.0 Å². The summed E-state index contributed by atoms with van der Waals surface area (Å²) in [5, 5.41) is 6.91. The Morgan fingerprint density at radius 3 is 2.73 bits per heavy atom. The normalized spacial score (nSPS) is 11.3. The lowest BCUT2D eigenvalue weighted by molar-refractivity contribution is 0.190. The van der Waals surface area contributed by atoms with Gasteiger partial charge in [-0.15, -0.1) is 11.3 Å². The molecule has 0 amide bonds. The maximum atomic E-state index is 13.1. The van der Waals surface area contributed by atoms with Crippen molar-refractivity contribution in [2.45, 2.75) is 13.0 Å². The van der Waals surface area contributed by atoms with Gasteiger partial charge in [0.2, 0.25) is 0 Å². The van der Waals surface area contributed by atoms with Gasteiger partial charge in [0.1, 0.15) is 5.39 Å². The van der Waals surface area contributed by atoms with Crippen LogP contribution in [0.15, 0.2) is 58.8 Å². The maximum absolute atomic E-state index is 13.1. The van der Waals surface area contributed by atoms with E-state index in [9.17, 15) is 4.79 Å². The molecule has 1 aromatic carbocycles. The molecule has 0 N–H and O–H groups in total. The van der Waals surface area contributed by atoms with Crippen molar-refractivity contribution in [1.29, 1.82) is 0 Å². The van der Waals surface area contributed by atoms with Crippen molar-refractivity contribution >= 4 is 22.4 Å². The number of ether oxygens (including phenoxy) is 1. The van der Waals surface area contributed by atoms with Gasteiger partial charge in [0.05, 0.1) is 16.8 Å². The van der Waals surface area contributed by atoms with Crippen LogP contribution in [0.1, 0.15) is 6.42 Å². The molecule has 0 bridgehead atoms. The number of rotatable bonds is 6. The number of hydrogen-bond donors (Lipinski definition) is 0. The second-order valence-electron chi connectivity index (χ2n) is 5.85. The molecule has 0 aliphatic carbocycles. The number of hydrogen-bond acceptors (Lipinski definition) is 5. The monoisotopic (exact) mass is 366 g/mol. The summed E-state index contributed by atoms with van der Waals surface area (Å²) in [5.41, 5.74) is 1.38. The summed E-state index contributed by atoms with van der Waals surface area (Å²) >= 11 is 1.57. The largest absolute Gasteiger partial charge is 0.385 e. The number of aromatic nitrogens is 4. The van der Waals surface area contributed by atoms with Crippen molar-refractivity contribution in [2.75, 3.05) is 13.7 Å². The maximum Gasteiger partial charge on any atom is 0.264 e. The van der Waals surface area contributed by atoms with Gasteiger partial charge in [-0.1, -0.05) is 24.3 Å². The summed E-state index contributed by atoms with van der Waals surface area (Å²) < 4.78 is 8.58. The lowest BCUT2D eigenvalue weighted by Gasteiger charge is -2.12. The number of thiophene rings is 1. The summed E-state index contributed by atoms with van der Waals surface area (Å²) in [7, 11) is 1.66. The van der Waals surface area contributed by atoms with Crippen molar-refractivity contribution < 1.29 is 4.74 Å². The van der Waals surface area contributed by atoms with Gasteiger partial charge in [-0.2, -0.15) is 5.10 Å². The summed E-state index contributed by atoms with van der Waals surface area (Å²) in [4.78, 5) is 18.9. The second-order valence-corrected chi connectivity index (χ2v) is 6.79. The highest BCUT2D eigenvalue weighted by molar-refractivity contribution is 7.13. The van der Waals surface area contributed by atoms with Crippen LogP contribution >= 0.6 is 11.3 Å². The predicted molar refractivity (Wildman–Crippen MR) is 103 cm³/mol. The first-order chi connectivity index (χ1) is 12.8. The molecular formula is C19H18N4O2S. The minimum absolute atomic E-state index is 0.0725. The highest BCUT2D eigenvalue weighted by Gasteiger charge is 2.17. The van der Waals surface area contributed by atoms with Crippen LogP contribution in [-0.4, -0.2) is 33.0 Å². The van der Waals surface area contributed by atoms with Crippen molar-refractivity contribution in [3.63, 3.8) is 0 Å². The first-order valence-corrected chi connectivity index (χ1v) is 9.24. The molecule has 0 saturated heterocycles. The van der Waals surface area contributed by atoms with Gasteiger partial charge in [-0.25, -0.2) is 9.67 Å². The average molecular weight is 366 g/mol. The number of nitrogens with zero attached hydrogens (tertiary/aromatic N) is 4. The van der Waals surface area contributed by atoms with Crippen molar-refractivity contribution in [2.24, 2.45) is 0 Å². The van der Waals surface area contributed by atoms with Gasteiger partial charge in [0.15, 0.2) is 11.5 Å². The summed E-state index contributed by atoms with van der Waals surface area (Å²) in [6.45, 7) is 1.15. The Kier molecular flexibility index (Phi) is 4.64. The zero-order chi connectivity index (χ0) is 17.9. The summed E-state index contributed by atoms with van der Waals surface area (Å²) in [6.07, 6.45) is 2.34. The summed E-state index contributed by atoms with van der Waals surface area (Å²) in [5.74, 6) is 0.672. The molecule has 0 aliphatic heterocycles. The van der Waals surface area contributed by atoms with Crippen LogP contribution in [0.25, 0.3) is 27.4 Å². The Bertz CT molecular complexity index is 1070. The van der Waals surface area contributed by atoms with E-state index in [1.54, 1.807) is 33.9 Å². The molecule has 0 unspecified atom stereocenters. The zero-order valence-corrected chi connectivity index (χ0v) is 15.1. The van der Waals surface area contributed by atoms with E-state index in [4.69, 9.17) is 9.72 Å². The average Bonchev–Trinajstić information content (AvgIpc) is 3.34. The van der Waals surface area contributed by atoms with Gasteiger partial charge >= 0.3 is 0 Å². The van der Waals surface area contributed by atoms with Crippen LogP contribution in [0.5, 0.6) is 0 Å². The van der Waals surface area contributed by atoms with E-state index < -0.39 is 0 Å². The Morgan fingerprint density at radius 2 is 2.00 bits per heavy atom. The molecule has 132 valence electrons. The molecule has 0 aliphatic rings. The fraction of sp³-hybridized carbons (Fsp3) is 0.211. The fourth-order valence-corrected chi connectivity index (χ4v) is 3.65. The minimum atomic E-state index is -0.0725. The Labute approximate surface area is 154 Å². The van der Waals surface area contributed by atoms with Crippen molar-refractivity contribution in [3.05, 3.63) is 64.4 Å². The predicted octanol–water partition coefficient (Wildman–Crippen LogP) is 3.35. The van der Waals surface area contributed by atoms with E-state index >= 15 is 0 Å². The molecule has 0 atom stereocenters. The third-order valence-corrected chi connectivity index (χ3v) is 5.03.